The van der Waals surface area contributed by atoms with Crippen molar-refractivity contribution in [1.29, 1.82) is 0 Å². The molecule has 0 bridgehead atoms. The molecule has 1 unspecified atom stereocenters. The first-order chi connectivity index (χ1) is 8.06. The molecule has 4 heteroatoms. The number of rotatable bonds is 2. The van der Waals surface area contributed by atoms with Gasteiger partial charge >= 0.3 is 0 Å². The number of ether oxygens (including phenoxy) is 1. The zero-order valence-corrected chi connectivity index (χ0v) is 11.8. The van der Waals surface area contributed by atoms with E-state index < -0.39 is 0 Å². The molecule has 1 aromatic rings. The summed E-state index contributed by atoms with van der Waals surface area (Å²) < 4.78 is 20.0. The van der Waals surface area contributed by atoms with E-state index in [4.69, 9.17) is 4.74 Å². The van der Waals surface area contributed by atoms with Crippen LogP contribution in [-0.4, -0.2) is 30.7 Å². The molecule has 0 N–H and O–H groups in total. The van der Waals surface area contributed by atoms with Gasteiger partial charge in [0, 0.05) is 24.1 Å². The van der Waals surface area contributed by atoms with E-state index in [2.05, 4.69) is 27.8 Å². The van der Waals surface area contributed by atoms with Crippen LogP contribution in [0.15, 0.2) is 16.6 Å². The van der Waals surface area contributed by atoms with Gasteiger partial charge in [-0.2, -0.15) is 0 Å². The Kier molecular flexibility index (Phi) is 4.17. The molecule has 0 saturated carbocycles. The van der Waals surface area contributed by atoms with Gasteiger partial charge in [-0.1, -0.05) is 15.9 Å². The summed E-state index contributed by atoms with van der Waals surface area (Å²) in [5, 5.41) is 0. The van der Waals surface area contributed by atoms with Crippen LogP contribution in [0.3, 0.4) is 0 Å². The summed E-state index contributed by atoms with van der Waals surface area (Å²) in [6, 6.07) is 3.47. The Morgan fingerprint density at radius 2 is 2.29 bits per heavy atom. The van der Waals surface area contributed by atoms with Gasteiger partial charge in [0.1, 0.15) is 5.82 Å². The lowest BCUT2D eigenvalue weighted by Gasteiger charge is -2.31. The molecule has 1 aliphatic heterocycles. The normalized spacial score (nSPS) is 21.8. The molecule has 1 aliphatic rings. The average molecular weight is 302 g/mol. The predicted octanol–water partition coefficient (Wildman–Crippen LogP) is 3.12. The Bertz CT molecular complexity index is 411. The van der Waals surface area contributed by atoms with E-state index in [0.717, 1.165) is 36.3 Å². The van der Waals surface area contributed by atoms with Gasteiger partial charge in [0.05, 0.1) is 12.7 Å². The summed E-state index contributed by atoms with van der Waals surface area (Å²) in [5.74, 6) is -0.135. The summed E-state index contributed by atoms with van der Waals surface area (Å²) >= 11 is 3.50. The molecule has 0 amide bonds. The highest BCUT2D eigenvalue weighted by Gasteiger charge is 2.18. The van der Waals surface area contributed by atoms with E-state index in [-0.39, 0.29) is 11.9 Å². The Hall–Kier alpha value is -0.450. The van der Waals surface area contributed by atoms with Crippen LogP contribution in [0.4, 0.5) is 4.39 Å². The van der Waals surface area contributed by atoms with Crippen molar-refractivity contribution in [3.8, 4) is 0 Å². The minimum atomic E-state index is -0.135. The van der Waals surface area contributed by atoms with Gasteiger partial charge < -0.3 is 4.74 Å². The molecular weight excluding hydrogens is 285 g/mol. The number of morpholine rings is 1. The molecule has 1 heterocycles. The second-order valence-corrected chi connectivity index (χ2v) is 5.46. The van der Waals surface area contributed by atoms with E-state index in [1.54, 1.807) is 13.0 Å². The fraction of sp³-hybridized carbons (Fsp3) is 0.538. The fourth-order valence-corrected chi connectivity index (χ4v) is 2.67. The lowest BCUT2D eigenvalue weighted by Crippen LogP contribution is -2.40. The van der Waals surface area contributed by atoms with Gasteiger partial charge in [-0.3, -0.25) is 4.90 Å². The monoisotopic (exact) mass is 301 g/mol. The fourth-order valence-electron chi connectivity index (χ4n) is 2.08. The molecule has 0 aliphatic carbocycles. The lowest BCUT2D eigenvalue weighted by molar-refractivity contribution is -0.0212. The van der Waals surface area contributed by atoms with Crippen molar-refractivity contribution in [2.24, 2.45) is 0 Å². The highest BCUT2D eigenvalue weighted by atomic mass is 79.9. The van der Waals surface area contributed by atoms with Crippen LogP contribution < -0.4 is 0 Å². The van der Waals surface area contributed by atoms with E-state index in [1.165, 1.54) is 0 Å². The van der Waals surface area contributed by atoms with Gasteiger partial charge in [0.2, 0.25) is 0 Å². The lowest BCUT2D eigenvalue weighted by atomic mass is 10.1. The molecule has 1 saturated heterocycles. The third-order valence-electron chi connectivity index (χ3n) is 3.05. The third-order valence-corrected chi connectivity index (χ3v) is 3.79. The molecule has 1 fully saturated rings. The van der Waals surface area contributed by atoms with Crippen molar-refractivity contribution in [3.05, 3.63) is 33.5 Å². The largest absolute Gasteiger partial charge is 0.376 e. The van der Waals surface area contributed by atoms with Gasteiger partial charge in [-0.15, -0.1) is 0 Å². The number of halogens is 2. The van der Waals surface area contributed by atoms with Crippen molar-refractivity contribution >= 4 is 15.9 Å². The van der Waals surface area contributed by atoms with E-state index in [1.807, 2.05) is 6.07 Å². The number of nitrogens with zero attached hydrogens (tertiary/aromatic N) is 1. The van der Waals surface area contributed by atoms with Gasteiger partial charge in [-0.05, 0) is 37.1 Å². The van der Waals surface area contributed by atoms with Crippen LogP contribution in [0.2, 0.25) is 0 Å². The maximum Gasteiger partial charge on any atom is 0.126 e. The predicted molar refractivity (Wildman–Crippen MR) is 69.5 cm³/mol. The minimum absolute atomic E-state index is 0.135. The Balaban J connectivity index is 2.10. The van der Waals surface area contributed by atoms with E-state index >= 15 is 0 Å². The van der Waals surface area contributed by atoms with Crippen LogP contribution in [0, 0.1) is 12.7 Å². The molecule has 2 rings (SSSR count). The first-order valence-corrected chi connectivity index (χ1v) is 6.64. The Morgan fingerprint density at radius 1 is 1.53 bits per heavy atom. The summed E-state index contributed by atoms with van der Waals surface area (Å²) in [6.45, 7) is 7.18. The zero-order valence-electron chi connectivity index (χ0n) is 10.2. The Morgan fingerprint density at radius 3 is 3.00 bits per heavy atom. The second-order valence-electron chi connectivity index (χ2n) is 4.61. The summed E-state index contributed by atoms with van der Waals surface area (Å²) in [7, 11) is 0. The molecule has 1 aromatic carbocycles. The third kappa shape index (κ3) is 3.27. The standard InChI is InChI=1S/C13H17BrFNO/c1-9-5-12(14)11(6-13(9)15)8-16-3-4-17-10(2)7-16/h5-6,10H,3-4,7-8H2,1-2H3. The maximum absolute atomic E-state index is 13.5. The molecule has 1 atom stereocenters. The van der Waals surface area contributed by atoms with Crippen molar-refractivity contribution in [2.45, 2.75) is 26.5 Å². The summed E-state index contributed by atoms with van der Waals surface area (Å²) in [6.07, 6.45) is 0.262. The summed E-state index contributed by atoms with van der Waals surface area (Å²) in [5.41, 5.74) is 1.68. The topological polar surface area (TPSA) is 12.5 Å². The number of benzene rings is 1. The molecule has 2 nitrogen and oxygen atoms in total. The van der Waals surface area contributed by atoms with Crippen LogP contribution in [0.5, 0.6) is 0 Å². The Labute approximate surface area is 110 Å². The van der Waals surface area contributed by atoms with Gasteiger partial charge in [0.25, 0.3) is 0 Å². The molecular formula is C13H17BrFNO. The number of aryl methyl sites for hydroxylation is 1. The maximum atomic E-state index is 13.5. The van der Waals surface area contributed by atoms with Crippen LogP contribution in [0.25, 0.3) is 0 Å². The highest BCUT2D eigenvalue weighted by Crippen LogP contribution is 2.23. The first kappa shape index (κ1) is 13.0. The molecule has 94 valence electrons. The van der Waals surface area contributed by atoms with Crippen molar-refractivity contribution in [3.63, 3.8) is 0 Å². The van der Waals surface area contributed by atoms with Gasteiger partial charge in [-0.25, -0.2) is 4.39 Å². The molecule has 17 heavy (non-hydrogen) atoms. The molecule has 0 spiro atoms. The number of hydrogen-bond acceptors (Lipinski definition) is 2. The summed E-state index contributed by atoms with van der Waals surface area (Å²) in [4.78, 5) is 2.29. The molecule has 0 radical (unpaired) electrons. The van der Waals surface area contributed by atoms with Crippen LogP contribution in [0.1, 0.15) is 18.1 Å². The zero-order chi connectivity index (χ0) is 12.4. The van der Waals surface area contributed by atoms with Gasteiger partial charge in [0.15, 0.2) is 0 Å². The smallest absolute Gasteiger partial charge is 0.126 e. The van der Waals surface area contributed by atoms with Crippen molar-refractivity contribution in [2.75, 3.05) is 19.7 Å². The van der Waals surface area contributed by atoms with Crippen LogP contribution >= 0.6 is 15.9 Å². The van der Waals surface area contributed by atoms with Crippen molar-refractivity contribution in [1.82, 2.24) is 4.90 Å². The van der Waals surface area contributed by atoms with Crippen LogP contribution in [-0.2, 0) is 11.3 Å². The molecule has 0 aromatic heterocycles. The van der Waals surface area contributed by atoms with E-state index in [0.29, 0.717) is 5.56 Å². The number of hydrogen-bond donors (Lipinski definition) is 0. The van der Waals surface area contributed by atoms with E-state index in [9.17, 15) is 4.39 Å². The minimum Gasteiger partial charge on any atom is -0.376 e. The highest BCUT2D eigenvalue weighted by molar-refractivity contribution is 9.10. The van der Waals surface area contributed by atoms with Crippen molar-refractivity contribution < 1.29 is 9.13 Å². The first-order valence-electron chi connectivity index (χ1n) is 5.84. The average Bonchev–Trinajstić information content (AvgIpc) is 2.26. The quantitative estimate of drug-likeness (QED) is 0.832. The second kappa shape index (κ2) is 5.46. The SMILES string of the molecule is Cc1cc(Br)c(CN2CCOC(C)C2)cc1F.